The van der Waals surface area contributed by atoms with E-state index in [9.17, 15) is 4.79 Å². The number of ether oxygens (including phenoxy) is 2. The van der Waals surface area contributed by atoms with Gasteiger partial charge in [0.05, 0.1) is 11.3 Å². The zero-order chi connectivity index (χ0) is 17.5. The third-order valence-electron chi connectivity index (χ3n) is 3.36. The quantitative estimate of drug-likeness (QED) is 0.501. The predicted octanol–water partition coefficient (Wildman–Crippen LogP) is 3.72. The van der Waals surface area contributed by atoms with Crippen molar-refractivity contribution in [3.05, 3.63) is 48.2 Å². The molecule has 1 N–H and O–H groups in total. The number of thioether (sulfide) groups is 1. The van der Waals surface area contributed by atoms with Crippen LogP contribution in [0.1, 0.15) is 5.56 Å². The number of nitrogens with zero attached hydrogens (tertiary/aromatic N) is 2. The Morgan fingerprint density at radius 3 is 2.92 bits per heavy atom. The van der Waals surface area contributed by atoms with Crippen molar-refractivity contribution >= 4 is 40.4 Å². The van der Waals surface area contributed by atoms with Crippen LogP contribution in [0.4, 0.5) is 4.79 Å². The third-order valence-corrected chi connectivity index (χ3v) is 5.47. The number of hydrogen-bond donors (Lipinski definition) is 1. The Labute approximate surface area is 153 Å². The first kappa shape index (κ1) is 17.5. The number of rotatable bonds is 7. The second-order valence-electron chi connectivity index (χ2n) is 5.04. The zero-order valence-corrected chi connectivity index (χ0v) is 15.2. The van der Waals surface area contributed by atoms with E-state index in [0.29, 0.717) is 6.54 Å². The van der Waals surface area contributed by atoms with Gasteiger partial charge in [0.1, 0.15) is 12.4 Å². The van der Waals surface area contributed by atoms with Gasteiger partial charge in [-0.1, -0.05) is 12.1 Å². The number of aromatic nitrogens is 2. The monoisotopic (exact) mass is 375 g/mol. The van der Waals surface area contributed by atoms with E-state index in [1.807, 2.05) is 36.4 Å². The molecule has 0 bridgehead atoms. The van der Waals surface area contributed by atoms with Crippen LogP contribution in [-0.2, 0) is 11.3 Å². The van der Waals surface area contributed by atoms with Crippen LogP contribution in [0, 0.1) is 0 Å². The number of fused-ring (bicyclic) bond motifs is 1. The van der Waals surface area contributed by atoms with Gasteiger partial charge in [-0.25, -0.2) is 9.78 Å². The molecule has 130 valence electrons. The van der Waals surface area contributed by atoms with Crippen molar-refractivity contribution < 1.29 is 14.3 Å². The maximum Gasteiger partial charge on any atom is 0.407 e. The average molecular weight is 375 g/mol. The number of hydrogen-bond acceptors (Lipinski definition) is 7. The van der Waals surface area contributed by atoms with Gasteiger partial charge < -0.3 is 14.8 Å². The van der Waals surface area contributed by atoms with Crippen LogP contribution in [-0.4, -0.2) is 34.9 Å². The minimum atomic E-state index is -0.424. The molecule has 0 fully saturated rings. The Kier molecular flexibility index (Phi) is 6.08. The van der Waals surface area contributed by atoms with Gasteiger partial charge in [0, 0.05) is 23.9 Å². The molecule has 0 atom stereocenters. The Hall–Kier alpha value is -2.32. The Morgan fingerprint density at radius 2 is 2.12 bits per heavy atom. The fourth-order valence-electron chi connectivity index (χ4n) is 2.09. The highest BCUT2D eigenvalue weighted by molar-refractivity contribution is 8.01. The molecule has 1 amide bonds. The van der Waals surface area contributed by atoms with Gasteiger partial charge in [0.15, 0.2) is 5.65 Å². The summed E-state index contributed by atoms with van der Waals surface area (Å²) in [5, 5.41) is 3.80. The largest absolute Gasteiger partial charge is 0.497 e. The predicted molar refractivity (Wildman–Crippen MR) is 99.3 cm³/mol. The van der Waals surface area contributed by atoms with Gasteiger partial charge in [-0.05, 0) is 41.4 Å². The van der Waals surface area contributed by atoms with Crippen molar-refractivity contribution in [2.45, 2.75) is 10.8 Å². The summed E-state index contributed by atoms with van der Waals surface area (Å²) in [7, 11) is 1.61. The van der Waals surface area contributed by atoms with Gasteiger partial charge in [0.2, 0.25) is 0 Å². The van der Waals surface area contributed by atoms with Crippen LogP contribution < -0.4 is 10.1 Å². The Morgan fingerprint density at radius 1 is 1.28 bits per heavy atom. The molecule has 0 aliphatic carbocycles. The van der Waals surface area contributed by atoms with E-state index >= 15 is 0 Å². The number of carbonyl (C=O) groups is 1. The van der Waals surface area contributed by atoms with E-state index < -0.39 is 6.09 Å². The highest BCUT2D eigenvalue weighted by Crippen LogP contribution is 2.30. The molecule has 25 heavy (non-hydrogen) atoms. The number of benzene rings is 1. The molecule has 0 aliphatic heterocycles. The van der Waals surface area contributed by atoms with E-state index in [-0.39, 0.29) is 6.61 Å². The van der Waals surface area contributed by atoms with Crippen LogP contribution >= 0.6 is 23.3 Å². The van der Waals surface area contributed by atoms with Crippen LogP contribution in [0.25, 0.3) is 11.0 Å². The molecular weight excluding hydrogens is 358 g/mol. The number of methoxy groups -OCH3 is 1. The van der Waals surface area contributed by atoms with E-state index in [1.54, 1.807) is 25.1 Å². The summed E-state index contributed by atoms with van der Waals surface area (Å²) >= 11 is 3.08. The van der Waals surface area contributed by atoms with E-state index in [1.165, 1.54) is 11.5 Å². The zero-order valence-electron chi connectivity index (χ0n) is 13.6. The van der Waals surface area contributed by atoms with Crippen molar-refractivity contribution in [2.75, 3.05) is 19.4 Å². The molecule has 2 heterocycles. The summed E-state index contributed by atoms with van der Waals surface area (Å²) in [6.45, 7) is 0.750. The molecular formula is C17H17N3O3S2. The lowest BCUT2D eigenvalue weighted by molar-refractivity contribution is 0.140. The molecule has 0 radical (unpaired) electrons. The smallest absolute Gasteiger partial charge is 0.407 e. The van der Waals surface area contributed by atoms with Crippen LogP contribution in [0.3, 0.4) is 0 Å². The first-order valence-electron chi connectivity index (χ1n) is 7.63. The van der Waals surface area contributed by atoms with Crippen molar-refractivity contribution in [1.29, 1.82) is 0 Å². The van der Waals surface area contributed by atoms with Crippen LogP contribution in [0.5, 0.6) is 5.75 Å². The minimum Gasteiger partial charge on any atom is -0.497 e. The maximum absolute atomic E-state index is 11.7. The normalized spacial score (nSPS) is 10.6. The number of amides is 1. The van der Waals surface area contributed by atoms with Gasteiger partial charge in [0.25, 0.3) is 0 Å². The summed E-state index contributed by atoms with van der Waals surface area (Å²) in [4.78, 5) is 15.9. The number of nitrogens with one attached hydrogen (secondary N) is 1. The standard InChI is InChI=1S/C17H17N3O3S2/c1-22-13-6-4-12(5-7-13)11-23-17(21)19-9-10-24-16-14-3-2-8-18-15(14)20-25-16/h2-8H,9-11H2,1H3,(H,19,21). The molecule has 0 saturated carbocycles. The van der Waals surface area contributed by atoms with Crippen molar-refractivity contribution in [3.8, 4) is 5.75 Å². The maximum atomic E-state index is 11.7. The molecule has 0 aliphatic rings. The molecule has 3 aromatic rings. The Balaban J connectivity index is 1.37. The molecule has 3 rings (SSSR count). The lowest BCUT2D eigenvalue weighted by atomic mass is 10.2. The third kappa shape index (κ3) is 4.83. The summed E-state index contributed by atoms with van der Waals surface area (Å²) in [6, 6.07) is 11.3. The molecule has 8 heteroatoms. The average Bonchev–Trinajstić information content (AvgIpc) is 3.07. The lowest BCUT2D eigenvalue weighted by Gasteiger charge is -2.07. The fraction of sp³-hybridized carbons (Fsp3) is 0.235. The number of carbonyl (C=O) groups excluding carboxylic acids is 1. The van der Waals surface area contributed by atoms with Crippen molar-refractivity contribution in [1.82, 2.24) is 14.7 Å². The van der Waals surface area contributed by atoms with Crippen LogP contribution in [0.2, 0.25) is 0 Å². The number of alkyl carbamates (subject to hydrolysis) is 1. The fourth-order valence-corrected chi connectivity index (χ4v) is 3.94. The highest BCUT2D eigenvalue weighted by Gasteiger charge is 2.07. The molecule has 6 nitrogen and oxygen atoms in total. The first-order valence-corrected chi connectivity index (χ1v) is 9.39. The second kappa shape index (κ2) is 8.68. The topological polar surface area (TPSA) is 73.3 Å². The van der Waals surface area contributed by atoms with E-state index in [2.05, 4.69) is 14.7 Å². The SMILES string of the molecule is COc1ccc(COC(=O)NCCSc2snc3ncccc23)cc1. The minimum absolute atomic E-state index is 0.230. The van der Waals surface area contributed by atoms with Gasteiger partial charge in [-0.15, -0.1) is 11.8 Å². The van der Waals surface area contributed by atoms with Crippen molar-refractivity contribution in [2.24, 2.45) is 0 Å². The number of pyridine rings is 1. The summed E-state index contributed by atoms with van der Waals surface area (Å²) in [5.41, 5.74) is 1.68. The summed E-state index contributed by atoms with van der Waals surface area (Å²) < 4.78 is 15.7. The van der Waals surface area contributed by atoms with Gasteiger partial charge in [-0.3, -0.25) is 0 Å². The summed E-state index contributed by atoms with van der Waals surface area (Å²) in [5.74, 6) is 1.51. The molecule has 0 saturated heterocycles. The second-order valence-corrected chi connectivity index (χ2v) is 7.18. The van der Waals surface area contributed by atoms with Crippen LogP contribution in [0.15, 0.2) is 46.8 Å². The highest BCUT2D eigenvalue weighted by atomic mass is 32.2. The lowest BCUT2D eigenvalue weighted by Crippen LogP contribution is -2.26. The molecule has 2 aromatic heterocycles. The summed E-state index contributed by atoms with van der Waals surface area (Å²) in [6.07, 6.45) is 1.31. The van der Waals surface area contributed by atoms with E-state index in [4.69, 9.17) is 9.47 Å². The Bertz CT molecular complexity index is 837. The first-order chi connectivity index (χ1) is 12.3. The molecule has 1 aromatic carbocycles. The van der Waals surface area contributed by atoms with Crippen molar-refractivity contribution in [3.63, 3.8) is 0 Å². The van der Waals surface area contributed by atoms with E-state index in [0.717, 1.165) is 32.3 Å². The molecule has 0 spiro atoms. The molecule has 0 unspecified atom stereocenters. The van der Waals surface area contributed by atoms with Gasteiger partial charge in [-0.2, -0.15) is 4.37 Å². The van der Waals surface area contributed by atoms with Gasteiger partial charge >= 0.3 is 6.09 Å².